The van der Waals surface area contributed by atoms with Crippen LogP contribution >= 0.6 is 23.2 Å². The summed E-state index contributed by atoms with van der Waals surface area (Å²) in [6.45, 7) is 2.03. The van der Waals surface area contributed by atoms with E-state index < -0.39 is 0 Å². The Morgan fingerprint density at radius 2 is 1.79 bits per heavy atom. The molecule has 1 N–H and O–H groups in total. The number of piperidine rings is 1. The topological polar surface area (TPSA) is 89.7 Å². The van der Waals surface area contributed by atoms with Gasteiger partial charge in [0.05, 0.1) is 20.8 Å². The van der Waals surface area contributed by atoms with Gasteiger partial charge in [-0.15, -0.1) is 0 Å². The van der Waals surface area contributed by atoms with Crippen molar-refractivity contribution in [3.05, 3.63) is 52.3 Å². The van der Waals surface area contributed by atoms with Gasteiger partial charge in [0.1, 0.15) is 0 Å². The number of nitrogens with zero attached hydrogens (tertiary/aromatic N) is 3. The van der Waals surface area contributed by atoms with Gasteiger partial charge in [-0.25, -0.2) is 0 Å². The van der Waals surface area contributed by atoms with E-state index in [-0.39, 0.29) is 11.8 Å². The van der Waals surface area contributed by atoms with Crippen molar-refractivity contribution >= 4 is 34.8 Å². The first-order valence-electron chi connectivity index (χ1n) is 10.5. The lowest BCUT2D eigenvalue weighted by Crippen LogP contribution is -2.37. The monoisotopic (exact) mass is 490 g/mol. The SMILES string of the molecule is COc1ccc(-c2noc(CN3CCC(C(=O)Nc4cc(Cl)cc(Cl)c4)CC3)n2)cc1OC. The molecule has 4 rings (SSSR count). The minimum absolute atomic E-state index is 0.0264. The molecule has 10 heteroatoms. The van der Waals surface area contributed by atoms with Crippen molar-refractivity contribution in [2.45, 2.75) is 19.4 Å². The molecule has 2 heterocycles. The summed E-state index contributed by atoms with van der Waals surface area (Å²) in [4.78, 5) is 19.3. The Morgan fingerprint density at radius 3 is 2.45 bits per heavy atom. The van der Waals surface area contributed by atoms with Crippen LogP contribution in [0, 0.1) is 5.92 Å². The first-order valence-corrected chi connectivity index (χ1v) is 11.2. The molecule has 1 aliphatic heterocycles. The fraction of sp³-hybridized carbons (Fsp3) is 0.348. The molecule has 8 nitrogen and oxygen atoms in total. The van der Waals surface area contributed by atoms with Gasteiger partial charge in [0.2, 0.25) is 17.6 Å². The number of likely N-dealkylation sites (tertiary alicyclic amines) is 1. The van der Waals surface area contributed by atoms with Crippen molar-refractivity contribution in [3.63, 3.8) is 0 Å². The van der Waals surface area contributed by atoms with Gasteiger partial charge in [-0.3, -0.25) is 9.69 Å². The fourth-order valence-corrected chi connectivity index (χ4v) is 4.35. The zero-order chi connectivity index (χ0) is 23.4. The summed E-state index contributed by atoms with van der Waals surface area (Å²) >= 11 is 12.0. The van der Waals surface area contributed by atoms with Gasteiger partial charge < -0.3 is 19.3 Å². The maximum absolute atomic E-state index is 12.6. The number of carbonyl (C=O) groups is 1. The van der Waals surface area contributed by atoms with E-state index in [1.54, 1.807) is 38.5 Å². The number of hydrogen-bond donors (Lipinski definition) is 1. The molecular weight excluding hydrogens is 467 g/mol. The Hall–Kier alpha value is -2.81. The third kappa shape index (κ3) is 5.76. The fourth-order valence-electron chi connectivity index (χ4n) is 3.83. The molecule has 0 aliphatic carbocycles. The molecule has 0 saturated carbocycles. The zero-order valence-corrected chi connectivity index (χ0v) is 19.8. The molecule has 2 aromatic carbocycles. The van der Waals surface area contributed by atoms with Crippen LogP contribution in [0.2, 0.25) is 10.0 Å². The summed E-state index contributed by atoms with van der Waals surface area (Å²) in [7, 11) is 3.17. The molecule has 1 saturated heterocycles. The van der Waals surface area contributed by atoms with Crippen LogP contribution in [-0.4, -0.2) is 48.3 Å². The number of halogens is 2. The third-order valence-corrected chi connectivity index (χ3v) is 5.99. The van der Waals surface area contributed by atoms with E-state index in [1.807, 2.05) is 12.1 Å². The number of nitrogens with one attached hydrogen (secondary N) is 1. The van der Waals surface area contributed by atoms with Crippen LogP contribution in [0.15, 0.2) is 40.9 Å². The Kier molecular flexibility index (Phi) is 7.37. The second-order valence-electron chi connectivity index (χ2n) is 7.78. The van der Waals surface area contributed by atoms with E-state index in [1.165, 1.54) is 0 Å². The predicted molar refractivity (Wildman–Crippen MR) is 126 cm³/mol. The number of methoxy groups -OCH3 is 2. The molecule has 0 bridgehead atoms. The molecule has 0 spiro atoms. The number of rotatable bonds is 7. The van der Waals surface area contributed by atoms with Crippen molar-refractivity contribution in [3.8, 4) is 22.9 Å². The molecule has 1 aromatic heterocycles. The average molecular weight is 491 g/mol. The summed E-state index contributed by atoms with van der Waals surface area (Å²) in [6, 6.07) is 10.5. The molecule has 1 aliphatic rings. The molecule has 1 fully saturated rings. The summed E-state index contributed by atoms with van der Waals surface area (Å²) in [6.07, 6.45) is 1.47. The summed E-state index contributed by atoms with van der Waals surface area (Å²) in [5.74, 6) is 2.14. The Labute approximate surface area is 201 Å². The highest BCUT2D eigenvalue weighted by atomic mass is 35.5. The molecule has 174 valence electrons. The molecule has 0 atom stereocenters. The van der Waals surface area contributed by atoms with Crippen molar-refractivity contribution in [2.75, 3.05) is 32.6 Å². The van der Waals surface area contributed by atoms with Gasteiger partial charge in [-0.1, -0.05) is 28.4 Å². The van der Waals surface area contributed by atoms with Crippen molar-refractivity contribution in [1.82, 2.24) is 15.0 Å². The normalized spacial score (nSPS) is 14.8. The Bertz CT molecular complexity index is 1110. The number of ether oxygens (including phenoxy) is 2. The molecule has 1 amide bonds. The van der Waals surface area contributed by atoms with E-state index in [9.17, 15) is 4.79 Å². The maximum atomic E-state index is 12.6. The summed E-state index contributed by atoms with van der Waals surface area (Å²) < 4.78 is 16.1. The van der Waals surface area contributed by atoms with E-state index in [0.29, 0.717) is 45.5 Å². The number of carbonyl (C=O) groups excluding carboxylic acids is 1. The van der Waals surface area contributed by atoms with E-state index >= 15 is 0 Å². The summed E-state index contributed by atoms with van der Waals surface area (Å²) in [5, 5.41) is 7.97. The number of amides is 1. The van der Waals surface area contributed by atoms with Gasteiger partial charge in [-0.05, 0) is 62.3 Å². The lowest BCUT2D eigenvalue weighted by atomic mass is 9.96. The molecular formula is C23H24Cl2N4O4. The van der Waals surface area contributed by atoms with Crippen LogP contribution in [0.25, 0.3) is 11.4 Å². The zero-order valence-electron chi connectivity index (χ0n) is 18.3. The van der Waals surface area contributed by atoms with Crippen molar-refractivity contribution in [2.24, 2.45) is 5.92 Å². The number of aromatic nitrogens is 2. The smallest absolute Gasteiger partial charge is 0.241 e. The van der Waals surface area contributed by atoms with E-state index in [0.717, 1.165) is 31.5 Å². The minimum atomic E-state index is -0.0796. The van der Waals surface area contributed by atoms with E-state index in [2.05, 4.69) is 20.4 Å². The second kappa shape index (κ2) is 10.4. The van der Waals surface area contributed by atoms with E-state index in [4.69, 9.17) is 37.2 Å². The van der Waals surface area contributed by atoms with Crippen LogP contribution in [-0.2, 0) is 11.3 Å². The van der Waals surface area contributed by atoms with Crippen LogP contribution in [0.5, 0.6) is 11.5 Å². The van der Waals surface area contributed by atoms with Crippen molar-refractivity contribution < 1.29 is 18.8 Å². The van der Waals surface area contributed by atoms with Gasteiger partial charge in [0, 0.05) is 27.2 Å². The quantitative estimate of drug-likeness (QED) is 0.502. The largest absolute Gasteiger partial charge is 0.493 e. The standard InChI is InChI=1S/C23H24Cl2N4O4/c1-31-19-4-3-15(9-20(19)32-2)22-27-21(33-28-22)13-29-7-5-14(6-8-29)23(30)26-18-11-16(24)10-17(25)12-18/h3-4,9-12,14H,5-8,13H2,1-2H3,(H,26,30). The van der Waals surface area contributed by atoms with Crippen LogP contribution in [0.1, 0.15) is 18.7 Å². The lowest BCUT2D eigenvalue weighted by molar-refractivity contribution is -0.121. The number of hydrogen-bond acceptors (Lipinski definition) is 7. The molecule has 3 aromatic rings. The van der Waals surface area contributed by atoms with Gasteiger partial charge in [0.25, 0.3) is 0 Å². The van der Waals surface area contributed by atoms with Gasteiger partial charge in [-0.2, -0.15) is 4.98 Å². The number of benzene rings is 2. The van der Waals surface area contributed by atoms with Crippen LogP contribution < -0.4 is 14.8 Å². The second-order valence-corrected chi connectivity index (χ2v) is 8.65. The summed E-state index contributed by atoms with van der Waals surface area (Å²) in [5.41, 5.74) is 1.38. The highest BCUT2D eigenvalue weighted by molar-refractivity contribution is 6.35. The first kappa shape index (κ1) is 23.4. The minimum Gasteiger partial charge on any atom is -0.493 e. The highest BCUT2D eigenvalue weighted by Gasteiger charge is 2.26. The Balaban J connectivity index is 1.31. The Morgan fingerprint density at radius 1 is 1.09 bits per heavy atom. The number of anilines is 1. The molecule has 0 unspecified atom stereocenters. The predicted octanol–water partition coefficient (Wildman–Crippen LogP) is 4.91. The van der Waals surface area contributed by atoms with Crippen molar-refractivity contribution in [1.29, 1.82) is 0 Å². The third-order valence-electron chi connectivity index (χ3n) is 5.56. The lowest BCUT2D eigenvalue weighted by Gasteiger charge is -2.30. The highest BCUT2D eigenvalue weighted by Crippen LogP contribution is 2.31. The van der Waals surface area contributed by atoms with Crippen LogP contribution in [0.4, 0.5) is 5.69 Å². The molecule has 33 heavy (non-hydrogen) atoms. The van der Waals surface area contributed by atoms with Gasteiger partial charge in [0.15, 0.2) is 11.5 Å². The van der Waals surface area contributed by atoms with Crippen LogP contribution in [0.3, 0.4) is 0 Å². The maximum Gasteiger partial charge on any atom is 0.241 e. The average Bonchev–Trinajstić information content (AvgIpc) is 3.26. The molecule has 0 radical (unpaired) electrons. The first-order chi connectivity index (χ1) is 15.9. The van der Waals surface area contributed by atoms with Gasteiger partial charge >= 0.3 is 0 Å².